The Morgan fingerprint density at radius 2 is 2.10 bits per heavy atom. The van der Waals surface area contributed by atoms with Crippen molar-refractivity contribution < 1.29 is 38.0 Å². The van der Waals surface area contributed by atoms with Crippen LogP contribution in [-0.2, 0) is 20.6 Å². The maximum Gasteiger partial charge on any atom is 0.410 e. The number of rotatable bonds is 11. The van der Waals surface area contributed by atoms with E-state index in [1.807, 2.05) is 13.8 Å². The van der Waals surface area contributed by atoms with Crippen LogP contribution >= 0.6 is 11.3 Å². The zero-order valence-corrected chi connectivity index (χ0v) is 25.9. The lowest BCUT2D eigenvalue weighted by atomic mass is 10.1. The van der Waals surface area contributed by atoms with Crippen molar-refractivity contribution in [1.29, 1.82) is 0 Å². The van der Waals surface area contributed by atoms with Crippen molar-refractivity contribution >= 4 is 28.5 Å². The second-order valence-electron chi connectivity index (χ2n) is 11.3. The minimum atomic E-state index is -1.09. The number of aromatic carboxylic acids is 1. The van der Waals surface area contributed by atoms with Crippen LogP contribution in [-0.4, -0.2) is 77.9 Å². The Hall–Kier alpha value is -3.40. The van der Waals surface area contributed by atoms with E-state index in [0.717, 1.165) is 12.8 Å². The fourth-order valence-corrected chi connectivity index (χ4v) is 5.03. The third-order valence-electron chi connectivity index (χ3n) is 5.97. The number of carboxylic acids is 1. The van der Waals surface area contributed by atoms with Crippen LogP contribution in [0.3, 0.4) is 0 Å². The molecule has 1 atom stereocenters. The fraction of sp³-hybridized carbons (Fsp3) is 0.567. The number of halogens is 1. The van der Waals surface area contributed by atoms with Crippen LogP contribution < -0.4 is 10.1 Å². The highest BCUT2D eigenvalue weighted by atomic mass is 32.1. The Balaban J connectivity index is 1.45. The normalized spacial score (nSPS) is 16.2. The molecule has 2 N–H and O–H groups in total. The van der Waals surface area contributed by atoms with E-state index < -0.39 is 29.3 Å². The summed E-state index contributed by atoms with van der Waals surface area (Å²) < 4.78 is 36.9. The third-order valence-corrected chi connectivity index (χ3v) is 7.05. The van der Waals surface area contributed by atoms with Gasteiger partial charge in [0.25, 0.3) is 0 Å². The maximum absolute atomic E-state index is 14.6. The third kappa shape index (κ3) is 10.8. The van der Waals surface area contributed by atoms with Gasteiger partial charge in [-0.1, -0.05) is 11.8 Å². The van der Waals surface area contributed by atoms with Crippen molar-refractivity contribution in [3.05, 3.63) is 40.2 Å². The van der Waals surface area contributed by atoms with Crippen molar-refractivity contribution in [1.82, 2.24) is 9.88 Å². The minimum absolute atomic E-state index is 0.0115. The Bertz CT molecular complexity index is 1300. The molecule has 2 aromatic rings. The lowest BCUT2D eigenvalue weighted by Gasteiger charge is -2.36. The van der Waals surface area contributed by atoms with Gasteiger partial charge in [0.15, 0.2) is 28.2 Å². The number of aromatic nitrogens is 1. The number of hydrogen-bond donors (Lipinski definition) is 2. The highest BCUT2D eigenvalue weighted by molar-refractivity contribution is 7.15. The SMILES string of the molecule is CN(CC#Cc1ccc(OCCCc2sc(NCCC3CCOC(C)(C)O3)nc2C(=O)O)c(F)c1)C(=O)OC(C)(C)C. The summed E-state index contributed by atoms with van der Waals surface area (Å²) in [5.41, 5.74) is -0.145. The quantitative estimate of drug-likeness (QED) is 0.251. The van der Waals surface area contributed by atoms with Crippen molar-refractivity contribution in [3.63, 3.8) is 0 Å². The van der Waals surface area contributed by atoms with Crippen molar-refractivity contribution in [2.24, 2.45) is 0 Å². The zero-order valence-electron chi connectivity index (χ0n) is 25.0. The number of ether oxygens (including phenoxy) is 4. The number of anilines is 1. The molecule has 10 nitrogen and oxygen atoms in total. The molecule has 1 aromatic heterocycles. The van der Waals surface area contributed by atoms with Crippen LogP contribution in [0.5, 0.6) is 5.75 Å². The number of carboxylic acid groups (broad SMARTS) is 1. The molecule has 1 aromatic carbocycles. The molecule has 2 heterocycles. The molecule has 3 rings (SSSR count). The van der Waals surface area contributed by atoms with Gasteiger partial charge in [0.05, 0.1) is 25.9 Å². The van der Waals surface area contributed by atoms with Crippen molar-refractivity contribution in [2.75, 3.05) is 38.7 Å². The molecule has 230 valence electrons. The smallest absolute Gasteiger partial charge is 0.410 e. The first-order valence-electron chi connectivity index (χ1n) is 13.9. The van der Waals surface area contributed by atoms with Crippen molar-refractivity contribution in [2.45, 2.75) is 77.8 Å². The van der Waals surface area contributed by atoms with Crippen LogP contribution in [0.15, 0.2) is 18.2 Å². The van der Waals surface area contributed by atoms with Crippen LogP contribution in [0, 0.1) is 17.7 Å². The number of carbonyl (C=O) groups is 2. The average Bonchev–Trinajstić information content (AvgIpc) is 3.29. The molecule has 42 heavy (non-hydrogen) atoms. The number of thiazole rings is 1. The van der Waals surface area contributed by atoms with E-state index in [1.165, 1.54) is 28.4 Å². The van der Waals surface area contributed by atoms with Gasteiger partial charge in [-0.05, 0) is 78.5 Å². The van der Waals surface area contributed by atoms with E-state index in [2.05, 4.69) is 22.1 Å². The van der Waals surface area contributed by atoms with Crippen LogP contribution in [0.25, 0.3) is 0 Å². The summed E-state index contributed by atoms with van der Waals surface area (Å²) in [5, 5.41) is 13.3. The summed E-state index contributed by atoms with van der Waals surface area (Å²) in [6.07, 6.45) is 2.02. The highest BCUT2D eigenvalue weighted by Gasteiger charge is 2.29. The van der Waals surface area contributed by atoms with Crippen LogP contribution in [0.4, 0.5) is 14.3 Å². The second kappa shape index (κ2) is 14.7. The molecule has 12 heteroatoms. The lowest BCUT2D eigenvalue weighted by molar-refractivity contribution is -0.273. The first-order chi connectivity index (χ1) is 19.7. The van der Waals surface area contributed by atoms with Gasteiger partial charge in [-0.2, -0.15) is 0 Å². The summed E-state index contributed by atoms with van der Waals surface area (Å²) in [6, 6.07) is 4.40. The summed E-state index contributed by atoms with van der Waals surface area (Å²) in [4.78, 5) is 29.9. The van der Waals surface area contributed by atoms with Gasteiger partial charge >= 0.3 is 12.1 Å². The van der Waals surface area contributed by atoms with Gasteiger partial charge in [-0.25, -0.2) is 19.0 Å². The molecule has 1 unspecified atom stereocenters. The molecular weight excluding hydrogens is 565 g/mol. The number of benzene rings is 1. The van der Waals surface area contributed by atoms with Gasteiger partial charge in [0.2, 0.25) is 0 Å². The minimum Gasteiger partial charge on any atom is -0.491 e. The predicted octanol–water partition coefficient (Wildman–Crippen LogP) is 5.55. The van der Waals surface area contributed by atoms with E-state index in [9.17, 15) is 19.1 Å². The number of nitrogens with one attached hydrogen (secondary N) is 1. The first-order valence-corrected chi connectivity index (χ1v) is 14.7. The Morgan fingerprint density at radius 3 is 2.76 bits per heavy atom. The zero-order chi connectivity index (χ0) is 30.9. The Kier molecular flexibility index (Phi) is 11.6. The molecule has 1 fully saturated rings. The molecule has 1 saturated heterocycles. The maximum atomic E-state index is 14.6. The average molecular weight is 606 g/mol. The highest BCUT2D eigenvalue weighted by Crippen LogP contribution is 2.27. The number of nitrogens with zero attached hydrogens (tertiary/aromatic N) is 2. The van der Waals surface area contributed by atoms with E-state index in [1.54, 1.807) is 33.9 Å². The fourth-order valence-electron chi connectivity index (χ4n) is 4.01. The molecule has 0 bridgehead atoms. The number of carbonyl (C=O) groups excluding carboxylic acids is 1. The van der Waals surface area contributed by atoms with Gasteiger partial charge in [-0.15, -0.1) is 11.3 Å². The van der Waals surface area contributed by atoms with Gasteiger partial charge < -0.3 is 34.3 Å². The molecule has 0 saturated carbocycles. The number of hydrogen-bond acceptors (Lipinski definition) is 9. The Labute approximate surface area is 250 Å². The standard InChI is InChI=1S/C30H40FN3O7S/c1-29(2,3)41-28(37)34(6)16-7-9-20-11-12-23(22(31)19-20)38-17-8-10-24-25(26(35)36)33-27(42-24)32-15-13-21-14-18-39-30(4,5)40-21/h11-12,19,21H,8,10,13-18H2,1-6H3,(H,32,33)(H,35,36). The van der Waals surface area contributed by atoms with Crippen LogP contribution in [0.2, 0.25) is 0 Å². The monoisotopic (exact) mass is 605 g/mol. The summed E-state index contributed by atoms with van der Waals surface area (Å²) >= 11 is 1.29. The number of aryl methyl sites for hydroxylation is 1. The van der Waals surface area contributed by atoms with E-state index in [0.29, 0.717) is 41.6 Å². The van der Waals surface area contributed by atoms with E-state index >= 15 is 0 Å². The molecule has 1 aliphatic heterocycles. The lowest BCUT2D eigenvalue weighted by Crippen LogP contribution is -2.40. The predicted molar refractivity (Wildman–Crippen MR) is 158 cm³/mol. The summed E-state index contributed by atoms with van der Waals surface area (Å²) in [6.45, 7) is 10.7. The van der Waals surface area contributed by atoms with E-state index in [4.69, 9.17) is 18.9 Å². The largest absolute Gasteiger partial charge is 0.491 e. The Morgan fingerprint density at radius 1 is 1.33 bits per heavy atom. The molecule has 1 aliphatic rings. The first kappa shape index (κ1) is 33.1. The molecule has 0 aliphatic carbocycles. The molecule has 0 spiro atoms. The summed E-state index contributed by atoms with van der Waals surface area (Å²) in [7, 11) is 1.58. The number of amides is 1. The summed E-state index contributed by atoms with van der Waals surface area (Å²) in [5.74, 6) is 3.49. The van der Waals surface area contributed by atoms with Crippen LogP contribution in [0.1, 0.15) is 74.8 Å². The van der Waals surface area contributed by atoms with Crippen molar-refractivity contribution in [3.8, 4) is 17.6 Å². The van der Waals surface area contributed by atoms with Gasteiger partial charge in [0, 0.05) is 24.0 Å². The topological polar surface area (TPSA) is 119 Å². The molecular formula is C30H40FN3O7S. The van der Waals surface area contributed by atoms with Gasteiger partial charge in [-0.3, -0.25) is 0 Å². The van der Waals surface area contributed by atoms with Gasteiger partial charge in [0.1, 0.15) is 5.60 Å². The van der Waals surface area contributed by atoms with E-state index in [-0.39, 0.29) is 30.7 Å². The molecule has 0 radical (unpaired) electrons. The molecule has 1 amide bonds. The second-order valence-corrected chi connectivity index (χ2v) is 12.4.